The number of aliphatic carboxylic acids is 2. The summed E-state index contributed by atoms with van der Waals surface area (Å²) in [5, 5.41) is 14.8. The predicted molar refractivity (Wildman–Crippen MR) is 136 cm³/mol. The van der Waals surface area contributed by atoms with E-state index in [-0.39, 0.29) is 0 Å². The van der Waals surface area contributed by atoms with Crippen molar-refractivity contribution in [2.24, 2.45) is 17.3 Å². The number of rotatable bonds is 8. The second kappa shape index (κ2) is 12.7. The number of carbonyl (C=O) groups is 2. The van der Waals surface area contributed by atoms with Crippen molar-refractivity contribution in [3.05, 3.63) is 66.2 Å². The molecule has 4 rings (SSSR count). The van der Waals surface area contributed by atoms with E-state index in [2.05, 4.69) is 84.3 Å². The van der Waals surface area contributed by atoms with Crippen molar-refractivity contribution >= 4 is 17.6 Å². The Morgan fingerprint density at radius 3 is 2.00 bits per heavy atom. The normalized spacial score (nSPS) is 21.4. The Morgan fingerprint density at radius 2 is 1.46 bits per heavy atom. The van der Waals surface area contributed by atoms with E-state index >= 15 is 0 Å². The summed E-state index contributed by atoms with van der Waals surface area (Å²) in [4.78, 5) is 23.4. The van der Waals surface area contributed by atoms with Crippen molar-refractivity contribution in [2.45, 2.75) is 33.3 Å². The van der Waals surface area contributed by atoms with E-state index in [9.17, 15) is 0 Å². The molecule has 1 saturated carbocycles. The molecule has 0 amide bonds. The number of piperazine rings is 1. The third-order valence-electron chi connectivity index (χ3n) is 7.55. The third kappa shape index (κ3) is 7.80. The molecule has 0 spiro atoms. The summed E-state index contributed by atoms with van der Waals surface area (Å²) < 4.78 is 5.94. The highest BCUT2D eigenvalue weighted by atomic mass is 16.5. The molecule has 2 atom stereocenters. The Hall–Kier alpha value is -2.90. The van der Waals surface area contributed by atoms with Gasteiger partial charge >= 0.3 is 11.9 Å². The monoisotopic (exact) mass is 482 g/mol. The van der Waals surface area contributed by atoms with Crippen molar-refractivity contribution in [1.82, 2.24) is 4.90 Å². The lowest BCUT2D eigenvalue weighted by atomic mass is 9.53. The molecule has 2 aromatic rings. The molecule has 0 radical (unpaired) electrons. The Kier molecular flexibility index (Phi) is 9.69. The number of anilines is 1. The van der Waals surface area contributed by atoms with E-state index in [4.69, 9.17) is 24.5 Å². The van der Waals surface area contributed by atoms with Gasteiger partial charge in [-0.2, -0.15) is 0 Å². The smallest absolute Gasteiger partial charge is 0.414 e. The molecule has 35 heavy (non-hydrogen) atoms. The van der Waals surface area contributed by atoms with E-state index in [0.29, 0.717) is 5.41 Å². The van der Waals surface area contributed by atoms with Gasteiger partial charge in [0.2, 0.25) is 0 Å². The van der Waals surface area contributed by atoms with Crippen molar-refractivity contribution in [2.75, 3.05) is 44.2 Å². The molecule has 0 aromatic heterocycles. The van der Waals surface area contributed by atoms with Gasteiger partial charge in [-0.15, -0.1) is 0 Å². The van der Waals surface area contributed by atoms with Gasteiger partial charge in [-0.3, -0.25) is 4.90 Å². The molecule has 1 aliphatic carbocycles. The van der Waals surface area contributed by atoms with E-state index < -0.39 is 11.9 Å². The van der Waals surface area contributed by atoms with Gasteiger partial charge in [-0.1, -0.05) is 62.4 Å². The molecular formula is C28H38N2O5. The summed E-state index contributed by atoms with van der Waals surface area (Å²) >= 11 is 0. The summed E-state index contributed by atoms with van der Waals surface area (Å²) in [6, 6.07) is 21.3. The number of carboxylic acid groups (broad SMARTS) is 2. The minimum atomic E-state index is -1.82. The molecule has 7 nitrogen and oxygen atoms in total. The van der Waals surface area contributed by atoms with Crippen molar-refractivity contribution in [3.8, 4) is 0 Å². The van der Waals surface area contributed by atoms with Gasteiger partial charge < -0.3 is 19.8 Å². The van der Waals surface area contributed by atoms with Crippen molar-refractivity contribution in [1.29, 1.82) is 0 Å². The second-order valence-corrected chi connectivity index (χ2v) is 10.0. The lowest BCUT2D eigenvalue weighted by Crippen LogP contribution is -2.54. The van der Waals surface area contributed by atoms with Crippen LogP contribution in [0.15, 0.2) is 60.7 Å². The Balaban J connectivity index is 0.000000509. The summed E-state index contributed by atoms with van der Waals surface area (Å²) in [5.74, 6) is -2.02. The fourth-order valence-electron chi connectivity index (χ4n) is 5.05. The fourth-order valence-corrected chi connectivity index (χ4v) is 5.05. The molecule has 0 bridgehead atoms. The van der Waals surface area contributed by atoms with Crippen LogP contribution in [-0.2, 0) is 20.9 Å². The summed E-state index contributed by atoms with van der Waals surface area (Å²) in [7, 11) is 0. The molecule has 190 valence electrons. The zero-order valence-electron chi connectivity index (χ0n) is 20.8. The van der Waals surface area contributed by atoms with E-state index in [1.54, 1.807) is 0 Å². The Morgan fingerprint density at radius 1 is 0.886 bits per heavy atom. The average molecular weight is 483 g/mol. The zero-order valence-corrected chi connectivity index (χ0v) is 20.8. The minimum Gasteiger partial charge on any atom is -0.473 e. The molecule has 2 fully saturated rings. The largest absolute Gasteiger partial charge is 0.473 e. The lowest BCUT2D eigenvalue weighted by molar-refractivity contribution is -0.159. The first-order chi connectivity index (χ1) is 16.8. The van der Waals surface area contributed by atoms with Crippen LogP contribution in [0.1, 0.15) is 32.3 Å². The fraction of sp³-hybridized carbons (Fsp3) is 0.500. The van der Waals surface area contributed by atoms with Gasteiger partial charge in [0.1, 0.15) is 0 Å². The van der Waals surface area contributed by atoms with Crippen molar-refractivity contribution < 1.29 is 24.5 Å². The maximum absolute atomic E-state index is 9.10. The molecule has 2 aliphatic rings. The maximum atomic E-state index is 9.10. The average Bonchev–Trinajstić information content (AvgIpc) is 2.87. The van der Waals surface area contributed by atoms with Gasteiger partial charge in [-0.05, 0) is 47.8 Å². The van der Waals surface area contributed by atoms with Crippen LogP contribution < -0.4 is 4.90 Å². The van der Waals surface area contributed by atoms with Crippen LogP contribution >= 0.6 is 0 Å². The van der Waals surface area contributed by atoms with Gasteiger partial charge in [0.15, 0.2) is 0 Å². The summed E-state index contributed by atoms with van der Waals surface area (Å²) in [6.45, 7) is 12.5. The highest BCUT2D eigenvalue weighted by molar-refractivity contribution is 6.27. The van der Waals surface area contributed by atoms with Gasteiger partial charge in [0, 0.05) is 45.0 Å². The number of hydrogen-bond donors (Lipinski definition) is 2. The topological polar surface area (TPSA) is 90.3 Å². The maximum Gasteiger partial charge on any atom is 0.414 e. The third-order valence-corrected chi connectivity index (χ3v) is 7.55. The van der Waals surface area contributed by atoms with Gasteiger partial charge in [-0.25, -0.2) is 9.59 Å². The second-order valence-electron chi connectivity index (χ2n) is 10.0. The molecular weight excluding hydrogens is 444 g/mol. The quantitative estimate of drug-likeness (QED) is 0.430. The van der Waals surface area contributed by atoms with Crippen LogP contribution in [0.5, 0.6) is 0 Å². The molecule has 1 aliphatic heterocycles. The molecule has 7 heteroatoms. The van der Waals surface area contributed by atoms with Gasteiger partial charge in [0.05, 0.1) is 6.61 Å². The first kappa shape index (κ1) is 26.7. The number of nitrogens with zero attached hydrogens (tertiary/aromatic N) is 2. The molecule has 1 unspecified atom stereocenters. The Labute approximate surface area is 208 Å². The van der Waals surface area contributed by atoms with E-state index in [0.717, 1.165) is 38.1 Å². The van der Waals surface area contributed by atoms with E-state index in [1.165, 1.54) is 43.7 Å². The number of carboxylic acids is 2. The molecule has 1 heterocycles. The van der Waals surface area contributed by atoms with Crippen LogP contribution in [0.25, 0.3) is 0 Å². The van der Waals surface area contributed by atoms with Gasteiger partial charge in [0.25, 0.3) is 0 Å². The molecule has 2 aromatic carbocycles. The minimum absolute atomic E-state index is 0.437. The van der Waals surface area contributed by atoms with Crippen LogP contribution in [0.4, 0.5) is 5.69 Å². The summed E-state index contributed by atoms with van der Waals surface area (Å²) in [6.07, 6.45) is 2.55. The zero-order chi connectivity index (χ0) is 25.3. The van der Waals surface area contributed by atoms with Crippen LogP contribution in [0.2, 0.25) is 0 Å². The number of para-hydroxylation sites is 1. The standard InChI is InChI=1S/C26H36N2O.C2H2O4/c1-26(2)23(13-18-29-21-22-9-5-3-6-10-22)19-24(26)20-27-14-16-28(17-15-27)25-11-7-4-8-12-25;3-1(4)2(5)6/h3-12,23-24H,13-21H2,1-2H3;(H,3,4)(H,5,6)/t23-,24?;/m0./s1. The number of ether oxygens (including phenoxy) is 1. The highest BCUT2D eigenvalue weighted by Crippen LogP contribution is 2.53. The Bertz CT molecular complexity index is 915. The van der Waals surface area contributed by atoms with Crippen LogP contribution in [0, 0.1) is 17.3 Å². The highest BCUT2D eigenvalue weighted by Gasteiger charge is 2.47. The van der Waals surface area contributed by atoms with E-state index in [1.807, 2.05) is 0 Å². The predicted octanol–water partition coefficient (Wildman–Crippen LogP) is 4.23. The lowest BCUT2D eigenvalue weighted by Gasteiger charge is -2.54. The van der Waals surface area contributed by atoms with Crippen LogP contribution in [-0.4, -0.2) is 66.4 Å². The summed E-state index contributed by atoms with van der Waals surface area (Å²) in [5.41, 5.74) is 3.08. The SMILES string of the molecule is CC1(C)C(CN2CCN(c3ccccc3)CC2)C[C@@H]1CCOCc1ccccc1.O=C(O)C(=O)O. The van der Waals surface area contributed by atoms with Crippen molar-refractivity contribution in [3.63, 3.8) is 0 Å². The molecule has 2 N–H and O–H groups in total. The first-order valence-electron chi connectivity index (χ1n) is 12.4. The first-order valence-corrected chi connectivity index (χ1v) is 12.4. The van der Waals surface area contributed by atoms with Crippen LogP contribution in [0.3, 0.4) is 0 Å². The molecule has 1 saturated heterocycles. The number of benzene rings is 2. The number of hydrogen-bond acceptors (Lipinski definition) is 5.